The van der Waals surface area contributed by atoms with E-state index in [2.05, 4.69) is 17.1 Å². The number of hydrogen-bond donors (Lipinski definition) is 0. The van der Waals surface area contributed by atoms with Crippen LogP contribution in [0.4, 0.5) is 0 Å². The maximum atomic E-state index is 11.6. The molecule has 4 nitrogen and oxygen atoms in total. The number of aryl methyl sites for hydroxylation is 3. The van der Waals surface area contributed by atoms with Gasteiger partial charge >= 0.3 is 5.97 Å². The fourth-order valence-corrected chi connectivity index (χ4v) is 2.03. The van der Waals surface area contributed by atoms with Gasteiger partial charge < -0.3 is 9.15 Å². The number of rotatable bonds is 6. The second kappa shape index (κ2) is 6.89. The van der Waals surface area contributed by atoms with Crippen molar-refractivity contribution in [1.82, 2.24) is 4.98 Å². The highest BCUT2D eigenvalue weighted by molar-refractivity contribution is 5.87. The van der Waals surface area contributed by atoms with Crippen LogP contribution in [0.25, 0.3) is 0 Å². The summed E-state index contributed by atoms with van der Waals surface area (Å²) in [7, 11) is 0. The summed E-state index contributed by atoms with van der Waals surface area (Å²) in [6.45, 7) is 3.86. The third-order valence-corrected chi connectivity index (χ3v) is 3.00. The molecule has 0 unspecified atom stereocenters. The lowest BCUT2D eigenvalue weighted by molar-refractivity contribution is 0.0487. The summed E-state index contributed by atoms with van der Waals surface area (Å²) in [4.78, 5) is 15.9. The summed E-state index contributed by atoms with van der Waals surface area (Å²) >= 11 is 0. The average Bonchev–Trinajstić information content (AvgIpc) is 2.81. The van der Waals surface area contributed by atoms with Gasteiger partial charge in [-0.25, -0.2) is 9.78 Å². The normalized spacial score (nSPS) is 10.5. The number of hydrogen-bond acceptors (Lipinski definition) is 4. The topological polar surface area (TPSA) is 52.3 Å². The molecule has 0 amide bonds. The first-order chi connectivity index (χ1) is 9.70. The Balaban J connectivity index is 1.91. The summed E-state index contributed by atoms with van der Waals surface area (Å²) in [5.74, 6) is 0.384. The van der Waals surface area contributed by atoms with Crippen LogP contribution in [0.5, 0.6) is 0 Å². The summed E-state index contributed by atoms with van der Waals surface area (Å²) in [6, 6.07) is 10.3. The van der Waals surface area contributed by atoms with Crippen molar-refractivity contribution in [2.45, 2.75) is 33.1 Å². The van der Waals surface area contributed by atoms with E-state index in [0.717, 1.165) is 19.3 Å². The summed E-state index contributed by atoms with van der Waals surface area (Å²) in [6.07, 6.45) is 2.62. The third-order valence-electron chi connectivity index (χ3n) is 3.00. The monoisotopic (exact) mass is 273 g/mol. The van der Waals surface area contributed by atoms with Gasteiger partial charge in [0.1, 0.15) is 0 Å². The quantitative estimate of drug-likeness (QED) is 0.757. The van der Waals surface area contributed by atoms with Crippen LogP contribution in [0.15, 0.2) is 34.7 Å². The molecule has 0 saturated carbocycles. The van der Waals surface area contributed by atoms with E-state index >= 15 is 0 Å². The number of esters is 1. The molecule has 0 aliphatic rings. The molecule has 0 fully saturated rings. The van der Waals surface area contributed by atoms with Crippen molar-refractivity contribution in [3.8, 4) is 0 Å². The molecule has 1 aromatic carbocycles. The smallest absolute Gasteiger partial charge is 0.376 e. The Morgan fingerprint density at radius 3 is 2.70 bits per heavy atom. The highest BCUT2D eigenvalue weighted by Crippen LogP contribution is 2.14. The molecule has 0 atom stereocenters. The fraction of sp³-hybridized carbons (Fsp3) is 0.375. The minimum atomic E-state index is -0.438. The lowest BCUT2D eigenvalue weighted by Crippen LogP contribution is -2.04. The molecule has 1 heterocycles. The highest BCUT2D eigenvalue weighted by Gasteiger charge is 2.18. The first-order valence-electron chi connectivity index (χ1n) is 6.88. The number of nitrogens with zero attached hydrogens (tertiary/aromatic N) is 1. The Bertz CT molecular complexity index is 560. The van der Waals surface area contributed by atoms with E-state index in [1.165, 1.54) is 5.56 Å². The van der Waals surface area contributed by atoms with Crippen molar-refractivity contribution in [2.75, 3.05) is 6.61 Å². The number of benzene rings is 1. The molecule has 0 spiro atoms. The molecule has 106 valence electrons. The van der Waals surface area contributed by atoms with Gasteiger partial charge in [-0.2, -0.15) is 0 Å². The maximum Gasteiger partial charge on any atom is 0.376 e. The van der Waals surface area contributed by atoms with E-state index in [9.17, 15) is 4.79 Å². The van der Waals surface area contributed by atoms with Crippen LogP contribution in [-0.4, -0.2) is 17.6 Å². The van der Waals surface area contributed by atoms with Crippen molar-refractivity contribution in [2.24, 2.45) is 0 Å². The van der Waals surface area contributed by atoms with Gasteiger partial charge in [0.25, 0.3) is 0 Å². The zero-order valence-electron chi connectivity index (χ0n) is 11.9. The molecular formula is C16H19NO3. The molecule has 0 saturated heterocycles. The minimum Gasteiger partial charge on any atom is -0.460 e. The van der Waals surface area contributed by atoms with Crippen LogP contribution in [-0.2, 0) is 17.6 Å². The zero-order chi connectivity index (χ0) is 14.4. The van der Waals surface area contributed by atoms with E-state index < -0.39 is 5.97 Å². The lowest BCUT2D eigenvalue weighted by Gasteiger charge is -1.99. The Morgan fingerprint density at radius 1 is 1.25 bits per heavy atom. The molecule has 1 aromatic heterocycles. The van der Waals surface area contributed by atoms with Crippen LogP contribution < -0.4 is 0 Å². The fourth-order valence-electron chi connectivity index (χ4n) is 2.03. The predicted octanol–water partition coefficient (Wildman–Crippen LogP) is 3.34. The van der Waals surface area contributed by atoms with Crippen molar-refractivity contribution >= 4 is 5.97 Å². The summed E-state index contributed by atoms with van der Waals surface area (Å²) in [5.41, 5.74) is 1.89. The van der Waals surface area contributed by atoms with Crippen molar-refractivity contribution in [3.05, 3.63) is 53.2 Å². The SMILES string of the molecule is CCOC(=O)c1oc(CCCc2ccccc2)nc1C. The van der Waals surface area contributed by atoms with E-state index in [0.29, 0.717) is 18.2 Å². The molecule has 0 radical (unpaired) electrons. The number of carbonyl (C=O) groups is 1. The summed E-state index contributed by atoms with van der Waals surface area (Å²) < 4.78 is 10.4. The lowest BCUT2D eigenvalue weighted by atomic mass is 10.1. The van der Waals surface area contributed by atoms with E-state index in [1.807, 2.05) is 18.2 Å². The standard InChI is InChI=1S/C16H19NO3/c1-3-19-16(18)15-12(2)17-14(20-15)11-7-10-13-8-5-4-6-9-13/h4-6,8-9H,3,7,10-11H2,1-2H3. The van der Waals surface area contributed by atoms with E-state index in [4.69, 9.17) is 9.15 Å². The molecule has 4 heteroatoms. The Morgan fingerprint density at radius 2 is 2.00 bits per heavy atom. The molecule has 2 rings (SSSR count). The number of oxazole rings is 1. The molecule has 0 aliphatic heterocycles. The molecule has 2 aromatic rings. The maximum absolute atomic E-state index is 11.6. The zero-order valence-corrected chi connectivity index (χ0v) is 11.9. The molecule has 0 bridgehead atoms. The van der Waals surface area contributed by atoms with Crippen molar-refractivity contribution in [1.29, 1.82) is 0 Å². The average molecular weight is 273 g/mol. The van der Waals surface area contributed by atoms with Crippen LogP contribution >= 0.6 is 0 Å². The van der Waals surface area contributed by atoms with Crippen LogP contribution in [0.1, 0.15) is 41.0 Å². The number of carbonyl (C=O) groups excluding carboxylic acids is 1. The van der Waals surface area contributed by atoms with Gasteiger partial charge in [0.05, 0.1) is 12.3 Å². The van der Waals surface area contributed by atoms with Gasteiger partial charge in [0, 0.05) is 6.42 Å². The first-order valence-corrected chi connectivity index (χ1v) is 6.88. The van der Waals surface area contributed by atoms with Crippen LogP contribution in [0.2, 0.25) is 0 Å². The molecular weight excluding hydrogens is 254 g/mol. The Labute approximate surface area is 118 Å². The van der Waals surface area contributed by atoms with Crippen molar-refractivity contribution in [3.63, 3.8) is 0 Å². The number of aromatic nitrogens is 1. The second-order valence-electron chi connectivity index (χ2n) is 4.58. The van der Waals surface area contributed by atoms with Gasteiger partial charge in [0.15, 0.2) is 5.89 Å². The van der Waals surface area contributed by atoms with Gasteiger partial charge in [-0.05, 0) is 32.3 Å². The van der Waals surface area contributed by atoms with Crippen LogP contribution in [0, 0.1) is 6.92 Å². The van der Waals surface area contributed by atoms with E-state index in [-0.39, 0.29) is 5.76 Å². The van der Waals surface area contributed by atoms with Gasteiger partial charge in [-0.1, -0.05) is 30.3 Å². The van der Waals surface area contributed by atoms with Gasteiger partial charge in [-0.15, -0.1) is 0 Å². The Kier molecular flexibility index (Phi) is 4.93. The Hall–Kier alpha value is -2.10. The second-order valence-corrected chi connectivity index (χ2v) is 4.58. The van der Waals surface area contributed by atoms with Gasteiger partial charge in [-0.3, -0.25) is 0 Å². The van der Waals surface area contributed by atoms with Crippen molar-refractivity contribution < 1.29 is 13.9 Å². The van der Waals surface area contributed by atoms with Crippen LogP contribution in [0.3, 0.4) is 0 Å². The van der Waals surface area contributed by atoms with E-state index in [1.54, 1.807) is 13.8 Å². The predicted molar refractivity (Wildman–Crippen MR) is 75.7 cm³/mol. The summed E-state index contributed by atoms with van der Waals surface area (Å²) in [5, 5.41) is 0. The third kappa shape index (κ3) is 3.70. The highest BCUT2D eigenvalue weighted by atomic mass is 16.5. The first kappa shape index (κ1) is 14.3. The minimum absolute atomic E-state index is 0.224. The molecule has 0 N–H and O–H groups in total. The molecule has 0 aliphatic carbocycles. The largest absolute Gasteiger partial charge is 0.460 e. The number of ether oxygens (including phenoxy) is 1. The van der Waals surface area contributed by atoms with Gasteiger partial charge in [0.2, 0.25) is 5.76 Å². The molecule has 20 heavy (non-hydrogen) atoms.